The Kier molecular flexibility index (Phi) is 11.7. The van der Waals surface area contributed by atoms with Crippen LogP contribution < -0.4 is 18.9 Å². The molecule has 0 rings (SSSR count). The van der Waals surface area contributed by atoms with Crippen molar-refractivity contribution in [2.24, 2.45) is 0 Å². The van der Waals surface area contributed by atoms with E-state index in [0.29, 0.717) is 0 Å². The van der Waals surface area contributed by atoms with Crippen molar-refractivity contribution in [2.45, 2.75) is 13.8 Å². The van der Waals surface area contributed by atoms with Gasteiger partial charge in [0.25, 0.3) is 0 Å². The Balaban J connectivity index is 0. The van der Waals surface area contributed by atoms with Crippen molar-refractivity contribution in [2.75, 3.05) is 19.6 Å². The predicted molar refractivity (Wildman–Crippen MR) is 42.3 cm³/mol. The first-order valence-corrected chi connectivity index (χ1v) is 3.51. The van der Waals surface area contributed by atoms with Gasteiger partial charge in [-0.15, -0.1) is 0 Å². The first kappa shape index (κ1) is 12.8. The van der Waals surface area contributed by atoms with Gasteiger partial charge in [-0.2, -0.15) is 0 Å². The Labute approximate surface area is 76.7 Å². The van der Waals surface area contributed by atoms with Crippen LogP contribution in [0.2, 0.25) is 0 Å². The SMILES string of the molecule is [CH2-]/C=C/CN(CC)CC.[Li+]. The van der Waals surface area contributed by atoms with Crippen LogP contribution in [0.5, 0.6) is 0 Å². The van der Waals surface area contributed by atoms with Gasteiger partial charge in [0.05, 0.1) is 0 Å². The van der Waals surface area contributed by atoms with E-state index < -0.39 is 0 Å². The first-order chi connectivity index (χ1) is 4.35. The van der Waals surface area contributed by atoms with Gasteiger partial charge >= 0.3 is 18.9 Å². The summed E-state index contributed by atoms with van der Waals surface area (Å²) < 4.78 is 0. The van der Waals surface area contributed by atoms with E-state index in [1.807, 2.05) is 6.08 Å². The number of nitrogens with zero attached hydrogens (tertiary/aromatic N) is 1. The van der Waals surface area contributed by atoms with Crippen molar-refractivity contribution in [1.82, 2.24) is 4.90 Å². The molecule has 0 radical (unpaired) electrons. The summed E-state index contributed by atoms with van der Waals surface area (Å²) in [7, 11) is 0. The van der Waals surface area contributed by atoms with E-state index in [-0.39, 0.29) is 18.9 Å². The summed E-state index contributed by atoms with van der Waals surface area (Å²) in [6.45, 7) is 11.2. The monoisotopic (exact) mass is 133 g/mol. The molecule has 0 atom stereocenters. The van der Waals surface area contributed by atoms with E-state index in [2.05, 4.69) is 31.7 Å². The molecule has 0 bridgehead atoms. The standard InChI is InChI=1S/C8H16N.Li/c1-4-7-8-9(5-2)6-3;/h4,7H,1,5-6,8H2,2-3H3;/q-1;+1/b7-4+;. The molecule has 0 aromatic rings. The molecule has 0 aromatic carbocycles. The van der Waals surface area contributed by atoms with Crippen molar-refractivity contribution < 1.29 is 18.9 Å². The zero-order valence-corrected chi connectivity index (χ0v) is 7.43. The molecule has 0 amide bonds. The van der Waals surface area contributed by atoms with Gasteiger partial charge in [-0.1, -0.05) is 13.8 Å². The molecular formula is C8H16LiN. The summed E-state index contributed by atoms with van der Waals surface area (Å²) in [5.74, 6) is 0. The van der Waals surface area contributed by atoms with E-state index in [1.54, 1.807) is 0 Å². The van der Waals surface area contributed by atoms with Crippen molar-refractivity contribution in [3.63, 3.8) is 0 Å². The fraction of sp³-hybridized carbons (Fsp3) is 0.625. The molecule has 0 fully saturated rings. The summed E-state index contributed by atoms with van der Waals surface area (Å²) in [6.07, 6.45) is 3.92. The van der Waals surface area contributed by atoms with Crippen LogP contribution >= 0.6 is 0 Å². The molecule has 1 nitrogen and oxygen atoms in total. The third-order valence-corrected chi connectivity index (χ3v) is 1.42. The summed E-state index contributed by atoms with van der Waals surface area (Å²) in [5.41, 5.74) is 0. The minimum atomic E-state index is 0. The third-order valence-electron chi connectivity index (χ3n) is 1.42. The van der Waals surface area contributed by atoms with Gasteiger partial charge in [-0.25, -0.2) is 19.1 Å². The van der Waals surface area contributed by atoms with Crippen LogP contribution in [0.3, 0.4) is 0 Å². The van der Waals surface area contributed by atoms with E-state index in [4.69, 9.17) is 0 Å². The van der Waals surface area contributed by atoms with Crippen molar-refractivity contribution in [3.8, 4) is 0 Å². The molecule has 0 aliphatic carbocycles. The Morgan fingerprint density at radius 2 is 1.80 bits per heavy atom. The van der Waals surface area contributed by atoms with Crippen molar-refractivity contribution in [3.05, 3.63) is 19.1 Å². The largest absolute Gasteiger partial charge is 1.00 e. The van der Waals surface area contributed by atoms with Gasteiger partial charge < -0.3 is 4.90 Å². The summed E-state index contributed by atoms with van der Waals surface area (Å²) in [6, 6.07) is 0. The fourth-order valence-electron chi connectivity index (χ4n) is 0.705. The number of allylic oxidation sites excluding steroid dienone is 1. The molecule has 10 heavy (non-hydrogen) atoms. The molecule has 0 spiro atoms. The molecule has 0 unspecified atom stereocenters. The molecule has 54 valence electrons. The molecule has 2 heteroatoms. The Morgan fingerprint density at radius 3 is 2.10 bits per heavy atom. The Hall–Kier alpha value is 0.167. The number of hydrogen-bond acceptors (Lipinski definition) is 1. The van der Waals surface area contributed by atoms with Crippen LogP contribution in [0.25, 0.3) is 0 Å². The Bertz CT molecular complexity index is 77.3. The zero-order chi connectivity index (χ0) is 7.11. The average molecular weight is 133 g/mol. The maximum atomic E-state index is 3.62. The van der Waals surface area contributed by atoms with Gasteiger partial charge in [0.1, 0.15) is 0 Å². The minimum absolute atomic E-state index is 0. The first-order valence-electron chi connectivity index (χ1n) is 3.51. The molecular weight excluding hydrogens is 117 g/mol. The maximum Gasteiger partial charge on any atom is 1.00 e. The fourth-order valence-corrected chi connectivity index (χ4v) is 0.705. The summed E-state index contributed by atoms with van der Waals surface area (Å²) in [4.78, 5) is 2.34. The van der Waals surface area contributed by atoms with Crippen LogP contribution in [-0.4, -0.2) is 24.5 Å². The second-order valence-corrected chi connectivity index (χ2v) is 1.96. The normalized spacial score (nSPS) is 10.3. The van der Waals surface area contributed by atoms with E-state index in [9.17, 15) is 0 Å². The molecule has 0 saturated carbocycles. The molecule has 0 aliphatic rings. The van der Waals surface area contributed by atoms with Gasteiger partial charge in [0, 0.05) is 0 Å². The van der Waals surface area contributed by atoms with Gasteiger partial charge in [0.15, 0.2) is 0 Å². The summed E-state index contributed by atoms with van der Waals surface area (Å²) >= 11 is 0. The van der Waals surface area contributed by atoms with Crippen molar-refractivity contribution in [1.29, 1.82) is 0 Å². The maximum absolute atomic E-state index is 3.62. The number of rotatable bonds is 4. The second kappa shape index (κ2) is 9.17. The van der Waals surface area contributed by atoms with Crippen molar-refractivity contribution >= 4 is 0 Å². The zero-order valence-electron chi connectivity index (χ0n) is 7.43. The molecule has 0 saturated heterocycles. The van der Waals surface area contributed by atoms with Gasteiger partial charge in [-0.3, -0.25) is 0 Å². The molecule has 0 N–H and O–H groups in total. The van der Waals surface area contributed by atoms with Crippen LogP contribution in [0.4, 0.5) is 0 Å². The van der Waals surface area contributed by atoms with E-state index >= 15 is 0 Å². The van der Waals surface area contributed by atoms with Crippen LogP contribution in [0.15, 0.2) is 12.2 Å². The third kappa shape index (κ3) is 6.29. The molecule has 0 aromatic heterocycles. The number of hydrogen-bond donors (Lipinski definition) is 0. The second-order valence-electron chi connectivity index (χ2n) is 1.96. The van der Waals surface area contributed by atoms with Gasteiger partial charge in [-0.05, 0) is 19.6 Å². The number of likely N-dealkylation sites (N-methyl/N-ethyl adjacent to an activating group) is 1. The van der Waals surface area contributed by atoms with E-state index in [0.717, 1.165) is 19.6 Å². The minimum Gasteiger partial charge on any atom is -0.317 e. The van der Waals surface area contributed by atoms with Gasteiger partial charge in [0.2, 0.25) is 0 Å². The Morgan fingerprint density at radius 1 is 1.30 bits per heavy atom. The molecule has 0 aliphatic heterocycles. The smallest absolute Gasteiger partial charge is 0.317 e. The summed E-state index contributed by atoms with van der Waals surface area (Å²) in [5, 5.41) is 0. The van der Waals surface area contributed by atoms with E-state index in [1.165, 1.54) is 0 Å². The molecule has 0 heterocycles. The topological polar surface area (TPSA) is 3.24 Å². The van der Waals surface area contributed by atoms with Crippen LogP contribution in [-0.2, 0) is 0 Å². The van der Waals surface area contributed by atoms with Crippen LogP contribution in [0, 0.1) is 6.92 Å². The van der Waals surface area contributed by atoms with Crippen LogP contribution in [0.1, 0.15) is 13.8 Å². The predicted octanol–water partition coefficient (Wildman–Crippen LogP) is -1.28. The quantitative estimate of drug-likeness (QED) is 0.341. The average Bonchev–Trinajstić information content (AvgIpc) is 1.91.